The first kappa shape index (κ1) is 21.8. The lowest BCUT2D eigenvalue weighted by atomic mass is 9.97. The van der Waals surface area contributed by atoms with Crippen molar-refractivity contribution in [2.75, 3.05) is 13.1 Å². The molecule has 164 valence electrons. The minimum absolute atomic E-state index is 0.487. The van der Waals surface area contributed by atoms with Gasteiger partial charge in [0.25, 0.3) is 0 Å². The number of ether oxygens (including phenoxy) is 1. The Morgan fingerprint density at radius 3 is 2.59 bits per heavy atom. The monoisotopic (exact) mass is 427 g/mol. The van der Waals surface area contributed by atoms with E-state index in [9.17, 15) is 9.90 Å². The van der Waals surface area contributed by atoms with Crippen molar-refractivity contribution in [2.24, 2.45) is 0 Å². The molecule has 0 atom stereocenters. The van der Waals surface area contributed by atoms with Crippen LogP contribution < -0.4 is 4.74 Å². The summed E-state index contributed by atoms with van der Waals surface area (Å²) in [5.74, 6) is 0.0595. The van der Waals surface area contributed by atoms with Crippen molar-refractivity contribution in [3.63, 3.8) is 0 Å². The molecular formula is C28H29NO3. The first-order valence-electron chi connectivity index (χ1n) is 11.0. The highest BCUT2D eigenvalue weighted by Crippen LogP contribution is 2.27. The van der Waals surface area contributed by atoms with E-state index in [0.717, 1.165) is 30.8 Å². The quantitative estimate of drug-likeness (QED) is 0.520. The van der Waals surface area contributed by atoms with Crippen LogP contribution >= 0.6 is 0 Å². The van der Waals surface area contributed by atoms with E-state index in [1.54, 1.807) is 0 Å². The molecule has 32 heavy (non-hydrogen) atoms. The Morgan fingerprint density at radius 1 is 1.03 bits per heavy atom. The fourth-order valence-corrected chi connectivity index (χ4v) is 4.25. The molecule has 0 bridgehead atoms. The predicted octanol–water partition coefficient (Wildman–Crippen LogP) is 5.77. The zero-order valence-electron chi connectivity index (χ0n) is 18.7. The third-order valence-electron chi connectivity index (χ3n) is 6.06. The summed E-state index contributed by atoms with van der Waals surface area (Å²) in [6, 6.07) is 23.0. The summed E-state index contributed by atoms with van der Waals surface area (Å²) in [7, 11) is 0. The van der Waals surface area contributed by atoms with E-state index in [1.807, 2.05) is 18.2 Å². The van der Waals surface area contributed by atoms with E-state index in [-0.39, 0.29) is 0 Å². The van der Waals surface area contributed by atoms with Crippen LogP contribution in [0.3, 0.4) is 0 Å². The summed E-state index contributed by atoms with van der Waals surface area (Å²) in [4.78, 5) is 13.4. The normalized spacial score (nSPS) is 14.1. The molecule has 4 nitrogen and oxygen atoms in total. The number of aliphatic carboxylic acids is 1. The molecule has 4 heteroatoms. The molecule has 0 radical (unpaired) electrons. The van der Waals surface area contributed by atoms with Gasteiger partial charge >= 0.3 is 5.97 Å². The van der Waals surface area contributed by atoms with E-state index < -0.39 is 5.97 Å². The predicted molar refractivity (Wildman–Crippen MR) is 128 cm³/mol. The van der Waals surface area contributed by atoms with Crippen molar-refractivity contribution in [3.8, 4) is 16.9 Å². The zero-order valence-corrected chi connectivity index (χ0v) is 18.7. The summed E-state index contributed by atoms with van der Waals surface area (Å²) in [6.07, 6.45) is 2.61. The maximum absolute atomic E-state index is 11.3. The number of benzene rings is 3. The van der Waals surface area contributed by atoms with Crippen LogP contribution in [-0.2, 0) is 17.9 Å². The van der Waals surface area contributed by atoms with Gasteiger partial charge in [-0.3, -0.25) is 4.90 Å². The third kappa shape index (κ3) is 5.09. The van der Waals surface area contributed by atoms with Crippen LogP contribution in [-0.4, -0.2) is 29.1 Å². The molecule has 4 rings (SSSR count). The van der Waals surface area contributed by atoms with Crippen LogP contribution in [0.5, 0.6) is 5.75 Å². The summed E-state index contributed by atoms with van der Waals surface area (Å²) >= 11 is 0. The summed E-state index contributed by atoms with van der Waals surface area (Å²) in [5.41, 5.74) is 7.60. The van der Waals surface area contributed by atoms with Crippen LogP contribution in [0.4, 0.5) is 0 Å². The van der Waals surface area contributed by atoms with Gasteiger partial charge < -0.3 is 9.84 Å². The van der Waals surface area contributed by atoms with Crippen LogP contribution in [0, 0.1) is 13.8 Å². The Labute approximate surface area is 189 Å². The van der Waals surface area contributed by atoms with Crippen LogP contribution in [0.25, 0.3) is 11.1 Å². The summed E-state index contributed by atoms with van der Waals surface area (Å²) in [6.45, 7) is 6.84. The smallest absolute Gasteiger partial charge is 0.332 e. The number of hydrogen-bond donors (Lipinski definition) is 1. The second-order valence-corrected chi connectivity index (χ2v) is 8.38. The molecule has 1 aliphatic heterocycles. The number of aryl methyl sites for hydroxylation is 1. The van der Waals surface area contributed by atoms with Crippen molar-refractivity contribution >= 4 is 5.97 Å². The van der Waals surface area contributed by atoms with E-state index in [4.69, 9.17) is 4.74 Å². The number of rotatable bonds is 7. The molecule has 0 aromatic heterocycles. The van der Waals surface area contributed by atoms with Gasteiger partial charge in [0.2, 0.25) is 0 Å². The molecule has 0 saturated heterocycles. The second-order valence-electron chi connectivity index (χ2n) is 8.38. The lowest BCUT2D eigenvalue weighted by Crippen LogP contribution is -2.31. The fourth-order valence-electron chi connectivity index (χ4n) is 4.25. The molecule has 0 unspecified atom stereocenters. The topological polar surface area (TPSA) is 49.8 Å². The van der Waals surface area contributed by atoms with Crippen molar-refractivity contribution in [1.29, 1.82) is 0 Å². The Hall–Kier alpha value is -3.37. The highest BCUT2D eigenvalue weighted by Gasteiger charge is 2.17. The highest BCUT2D eigenvalue weighted by molar-refractivity contribution is 5.87. The van der Waals surface area contributed by atoms with E-state index in [0.29, 0.717) is 18.7 Å². The van der Waals surface area contributed by atoms with Crippen molar-refractivity contribution in [1.82, 2.24) is 4.90 Å². The van der Waals surface area contributed by atoms with E-state index in [1.165, 1.54) is 27.8 Å². The highest BCUT2D eigenvalue weighted by atomic mass is 16.5. The van der Waals surface area contributed by atoms with Gasteiger partial charge in [0.15, 0.2) is 0 Å². The molecule has 3 aromatic rings. The van der Waals surface area contributed by atoms with Gasteiger partial charge in [-0.05, 0) is 59.7 Å². The first-order chi connectivity index (χ1) is 15.5. The zero-order chi connectivity index (χ0) is 22.5. The molecule has 0 amide bonds. The molecule has 0 aliphatic carbocycles. The maximum Gasteiger partial charge on any atom is 0.332 e. The van der Waals surface area contributed by atoms with Crippen molar-refractivity contribution in [3.05, 3.63) is 101 Å². The molecular weight excluding hydrogens is 398 g/mol. The molecule has 1 N–H and O–H groups in total. The van der Waals surface area contributed by atoms with Gasteiger partial charge in [-0.15, -0.1) is 0 Å². The minimum atomic E-state index is -0.818. The molecule has 0 fully saturated rings. The number of carboxylic acid groups (broad SMARTS) is 1. The van der Waals surface area contributed by atoms with Crippen molar-refractivity contribution in [2.45, 2.75) is 33.4 Å². The van der Waals surface area contributed by atoms with Crippen LogP contribution in [0.1, 0.15) is 28.7 Å². The third-order valence-corrected chi connectivity index (χ3v) is 6.06. The van der Waals surface area contributed by atoms with Crippen LogP contribution in [0.15, 0.2) is 78.4 Å². The lowest BCUT2D eigenvalue weighted by molar-refractivity contribution is -0.133. The molecule has 1 aliphatic rings. The van der Waals surface area contributed by atoms with Gasteiger partial charge in [-0.1, -0.05) is 66.7 Å². The molecule has 0 spiro atoms. The minimum Gasteiger partial charge on any atom is -0.489 e. The molecule has 3 aromatic carbocycles. The molecule has 1 heterocycles. The summed E-state index contributed by atoms with van der Waals surface area (Å²) < 4.78 is 6.19. The average Bonchev–Trinajstić information content (AvgIpc) is 2.80. The number of carboxylic acids is 1. The lowest BCUT2D eigenvalue weighted by Gasteiger charge is -2.26. The Balaban J connectivity index is 1.42. The number of carbonyl (C=O) groups is 1. The number of hydrogen-bond acceptors (Lipinski definition) is 3. The average molecular weight is 428 g/mol. The summed E-state index contributed by atoms with van der Waals surface area (Å²) in [5, 5.41) is 9.25. The van der Waals surface area contributed by atoms with E-state index in [2.05, 4.69) is 73.3 Å². The van der Waals surface area contributed by atoms with Crippen molar-refractivity contribution < 1.29 is 14.6 Å². The number of nitrogens with zero attached hydrogens (tertiary/aromatic N) is 1. The largest absolute Gasteiger partial charge is 0.489 e. The first-order valence-corrected chi connectivity index (χ1v) is 11.0. The Bertz CT molecular complexity index is 1130. The van der Waals surface area contributed by atoms with E-state index >= 15 is 0 Å². The molecule has 0 saturated carbocycles. The van der Waals surface area contributed by atoms with Gasteiger partial charge in [-0.2, -0.15) is 0 Å². The maximum atomic E-state index is 11.3. The van der Waals surface area contributed by atoms with Gasteiger partial charge in [0.05, 0.1) is 0 Å². The fraction of sp³-hybridized carbons (Fsp3) is 0.250. The van der Waals surface area contributed by atoms with Gasteiger partial charge in [0.1, 0.15) is 12.4 Å². The van der Waals surface area contributed by atoms with Gasteiger partial charge in [-0.25, -0.2) is 4.79 Å². The second kappa shape index (κ2) is 9.84. The SMILES string of the molecule is Cc1cc(CN2CCC=C(C(=O)O)C2)ccc1OCc1cccc(-c2ccccc2)c1C. The standard InChI is InChI=1S/C28H29NO3/c1-20-16-22(17-29-15-7-11-24(18-29)28(30)31)13-14-27(20)32-19-25-10-6-12-26(21(25)2)23-8-4-3-5-9-23/h3-6,8-14,16H,7,15,17-19H2,1-2H3,(H,30,31). The van der Waals surface area contributed by atoms with Gasteiger partial charge in [0, 0.05) is 25.2 Å². The Kier molecular flexibility index (Phi) is 6.72. The Morgan fingerprint density at radius 2 is 1.84 bits per heavy atom. The van der Waals surface area contributed by atoms with Crippen LogP contribution in [0.2, 0.25) is 0 Å².